The maximum atomic E-state index is 8.95. The second-order valence-corrected chi connectivity index (χ2v) is 1.93. The lowest BCUT2D eigenvalue weighted by Gasteiger charge is -1.91. The smallest absolute Gasteiger partial charge is 0.213 e. The van der Waals surface area contributed by atoms with Gasteiger partial charge in [-0.15, -0.1) is 0 Å². The lowest BCUT2D eigenvalue weighted by atomic mass is 10.5. The predicted octanol–water partition coefficient (Wildman–Crippen LogP) is -0.361. The molecule has 0 aliphatic carbocycles. The number of hydrogen-bond donors (Lipinski definition) is 3. The number of hydrogen-bond acceptors (Lipinski definition) is 3. The molecule has 0 unspecified atom stereocenters. The highest BCUT2D eigenvalue weighted by Gasteiger charge is 2.02. The third kappa shape index (κ3) is 0.928. The van der Waals surface area contributed by atoms with E-state index in [0.29, 0.717) is 5.69 Å². The van der Waals surface area contributed by atoms with Crippen molar-refractivity contribution < 1.29 is 5.11 Å². The van der Waals surface area contributed by atoms with Gasteiger partial charge in [0.15, 0.2) is 5.75 Å². The molecule has 0 saturated heterocycles. The highest BCUT2D eigenvalue weighted by molar-refractivity contribution is 5.76. The Kier molecular flexibility index (Phi) is 1.33. The first kappa shape index (κ1) is 6.60. The molecule has 0 aliphatic rings. The molecule has 0 bridgehead atoms. The number of aryl methyl sites for hydroxylation is 1. The van der Waals surface area contributed by atoms with Gasteiger partial charge < -0.3 is 10.8 Å². The maximum absolute atomic E-state index is 8.95. The van der Waals surface area contributed by atoms with Crippen molar-refractivity contribution >= 4 is 5.96 Å². The van der Waals surface area contributed by atoms with Crippen molar-refractivity contribution in [2.45, 2.75) is 6.92 Å². The summed E-state index contributed by atoms with van der Waals surface area (Å²) in [5, 5.41) is 19.6. The van der Waals surface area contributed by atoms with Crippen molar-refractivity contribution in [1.82, 2.24) is 9.78 Å². The Labute approximate surface area is 57.6 Å². The monoisotopic (exact) mass is 140 g/mol. The van der Waals surface area contributed by atoms with Gasteiger partial charge in [-0.1, -0.05) is 0 Å². The van der Waals surface area contributed by atoms with Crippen LogP contribution in [0.2, 0.25) is 0 Å². The molecule has 0 saturated carbocycles. The zero-order chi connectivity index (χ0) is 7.72. The number of aromatic hydroxyl groups is 1. The zero-order valence-corrected chi connectivity index (χ0v) is 5.50. The molecule has 0 spiro atoms. The summed E-state index contributed by atoms with van der Waals surface area (Å²) < 4.78 is 1.10. The van der Waals surface area contributed by atoms with Gasteiger partial charge >= 0.3 is 0 Å². The van der Waals surface area contributed by atoms with Crippen LogP contribution in [0.5, 0.6) is 5.75 Å². The molecule has 1 aromatic heterocycles. The first-order valence-electron chi connectivity index (χ1n) is 2.71. The first-order valence-corrected chi connectivity index (χ1v) is 2.71. The number of aromatic nitrogens is 2. The maximum Gasteiger partial charge on any atom is 0.213 e. The fourth-order valence-electron chi connectivity index (χ4n) is 0.574. The molecular weight excluding hydrogens is 132 g/mol. The van der Waals surface area contributed by atoms with Gasteiger partial charge in [0.1, 0.15) is 5.69 Å². The van der Waals surface area contributed by atoms with Crippen molar-refractivity contribution in [3.8, 4) is 5.75 Å². The van der Waals surface area contributed by atoms with Gasteiger partial charge in [-0.05, 0) is 6.92 Å². The third-order valence-corrected chi connectivity index (χ3v) is 1.12. The lowest BCUT2D eigenvalue weighted by molar-refractivity contribution is 0.471. The largest absolute Gasteiger partial charge is 0.504 e. The molecule has 5 nitrogen and oxygen atoms in total. The van der Waals surface area contributed by atoms with Gasteiger partial charge in [-0.25, -0.2) is 4.68 Å². The normalized spacial score (nSPS) is 9.70. The van der Waals surface area contributed by atoms with E-state index in [-0.39, 0.29) is 11.7 Å². The minimum atomic E-state index is -0.205. The van der Waals surface area contributed by atoms with Crippen LogP contribution in [0.15, 0.2) is 6.20 Å². The molecule has 0 amide bonds. The standard InChI is InChI=1S/C5H8N4O/c1-3-4(10)2-9(8-3)5(6)7/h2,10H,1H3,(H3,6,7). The van der Waals surface area contributed by atoms with Crippen LogP contribution in [-0.4, -0.2) is 20.8 Å². The molecule has 10 heavy (non-hydrogen) atoms. The molecule has 5 heteroatoms. The number of nitrogens with zero attached hydrogens (tertiary/aromatic N) is 2. The van der Waals surface area contributed by atoms with Crippen molar-refractivity contribution in [3.63, 3.8) is 0 Å². The number of nitrogens with one attached hydrogen (secondary N) is 1. The van der Waals surface area contributed by atoms with Crippen LogP contribution in [0.1, 0.15) is 5.69 Å². The molecule has 4 N–H and O–H groups in total. The lowest BCUT2D eigenvalue weighted by Crippen LogP contribution is -2.20. The molecule has 0 atom stereocenters. The summed E-state index contributed by atoms with van der Waals surface area (Å²) in [4.78, 5) is 0. The molecule has 0 aromatic carbocycles. The molecule has 1 rings (SSSR count). The van der Waals surface area contributed by atoms with Crippen LogP contribution in [0.4, 0.5) is 0 Å². The Balaban J connectivity index is 3.10. The van der Waals surface area contributed by atoms with E-state index in [1.54, 1.807) is 6.92 Å². The van der Waals surface area contributed by atoms with Crippen LogP contribution in [0.3, 0.4) is 0 Å². The van der Waals surface area contributed by atoms with Gasteiger partial charge in [0.2, 0.25) is 5.96 Å². The second-order valence-electron chi connectivity index (χ2n) is 1.93. The first-order chi connectivity index (χ1) is 4.61. The Bertz CT molecular complexity index is 245. The quantitative estimate of drug-likeness (QED) is 0.339. The van der Waals surface area contributed by atoms with E-state index in [9.17, 15) is 0 Å². The van der Waals surface area contributed by atoms with Crippen LogP contribution in [0, 0.1) is 12.3 Å². The Morgan fingerprint density at radius 2 is 2.50 bits per heavy atom. The van der Waals surface area contributed by atoms with E-state index < -0.39 is 0 Å². The molecule has 0 radical (unpaired) electrons. The summed E-state index contributed by atoms with van der Waals surface area (Å²) in [6.07, 6.45) is 1.29. The molecule has 54 valence electrons. The molecule has 1 heterocycles. The fraction of sp³-hybridized carbons (Fsp3) is 0.200. The van der Waals surface area contributed by atoms with E-state index in [0.717, 1.165) is 4.68 Å². The molecule has 0 fully saturated rings. The van der Waals surface area contributed by atoms with Crippen molar-refractivity contribution in [2.24, 2.45) is 5.73 Å². The number of nitrogen functional groups attached to an aromatic ring is 1. The Hall–Kier alpha value is -1.52. The fourth-order valence-corrected chi connectivity index (χ4v) is 0.574. The molecule has 0 aliphatic heterocycles. The number of nitrogens with two attached hydrogens (primary N) is 1. The summed E-state index contributed by atoms with van der Waals surface area (Å²) >= 11 is 0. The minimum Gasteiger partial charge on any atom is -0.504 e. The molecular formula is C5H8N4O. The highest BCUT2D eigenvalue weighted by Crippen LogP contribution is 2.10. The SMILES string of the molecule is Cc1nn(C(=N)N)cc1O. The summed E-state index contributed by atoms with van der Waals surface area (Å²) in [6, 6.07) is 0. The summed E-state index contributed by atoms with van der Waals surface area (Å²) in [5.41, 5.74) is 5.54. The van der Waals surface area contributed by atoms with Gasteiger partial charge in [0.25, 0.3) is 0 Å². The summed E-state index contributed by atoms with van der Waals surface area (Å²) in [7, 11) is 0. The van der Waals surface area contributed by atoms with Crippen molar-refractivity contribution in [3.05, 3.63) is 11.9 Å². The van der Waals surface area contributed by atoms with E-state index in [4.69, 9.17) is 16.2 Å². The van der Waals surface area contributed by atoms with Gasteiger partial charge in [0.05, 0.1) is 6.20 Å². The van der Waals surface area contributed by atoms with E-state index in [2.05, 4.69) is 5.10 Å². The van der Waals surface area contributed by atoms with Crippen molar-refractivity contribution in [1.29, 1.82) is 5.41 Å². The Morgan fingerprint density at radius 1 is 1.90 bits per heavy atom. The number of rotatable bonds is 0. The predicted molar refractivity (Wildman–Crippen MR) is 35.9 cm³/mol. The van der Waals surface area contributed by atoms with E-state index >= 15 is 0 Å². The van der Waals surface area contributed by atoms with Crippen LogP contribution in [0.25, 0.3) is 0 Å². The van der Waals surface area contributed by atoms with Gasteiger partial charge in [-0.2, -0.15) is 5.10 Å². The molecule has 1 aromatic rings. The summed E-state index contributed by atoms with van der Waals surface area (Å²) in [6.45, 7) is 1.63. The third-order valence-electron chi connectivity index (χ3n) is 1.12. The summed E-state index contributed by atoms with van der Waals surface area (Å²) in [5.74, 6) is -0.154. The van der Waals surface area contributed by atoms with E-state index in [1.165, 1.54) is 6.20 Å². The van der Waals surface area contributed by atoms with Gasteiger partial charge in [-0.3, -0.25) is 5.41 Å². The zero-order valence-electron chi connectivity index (χ0n) is 5.50. The van der Waals surface area contributed by atoms with Gasteiger partial charge in [0, 0.05) is 0 Å². The average Bonchev–Trinajstić information content (AvgIpc) is 2.13. The topological polar surface area (TPSA) is 87.9 Å². The van der Waals surface area contributed by atoms with E-state index in [1.807, 2.05) is 0 Å². The minimum absolute atomic E-state index is 0.0511. The van der Waals surface area contributed by atoms with Crippen LogP contribution >= 0.6 is 0 Å². The van der Waals surface area contributed by atoms with Crippen LogP contribution < -0.4 is 5.73 Å². The van der Waals surface area contributed by atoms with Crippen LogP contribution in [-0.2, 0) is 0 Å². The second kappa shape index (κ2) is 2.02. The Morgan fingerprint density at radius 3 is 2.70 bits per heavy atom. The highest BCUT2D eigenvalue weighted by atomic mass is 16.3. The van der Waals surface area contributed by atoms with Crippen molar-refractivity contribution in [2.75, 3.05) is 0 Å². The average molecular weight is 140 g/mol.